The number of nitrogens with one attached hydrogen (secondary N) is 1. The van der Waals surface area contributed by atoms with Gasteiger partial charge < -0.3 is 29.9 Å². The molecule has 3 N–H and O–H groups in total. The van der Waals surface area contributed by atoms with Gasteiger partial charge in [-0.3, -0.25) is 4.79 Å². The molecule has 7 heteroatoms. The summed E-state index contributed by atoms with van der Waals surface area (Å²) in [5.41, 5.74) is 0.754. The van der Waals surface area contributed by atoms with Gasteiger partial charge in [0.2, 0.25) is 0 Å². The molecule has 1 aromatic rings. The molecule has 0 aromatic heterocycles. The van der Waals surface area contributed by atoms with E-state index in [0.29, 0.717) is 32.1 Å². The van der Waals surface area contributed by atoms with Gasteiger partial charge >= 0.3 is 0 Å². The Labute approximate surface area is 129 Å². The number of ether oxygens (including phenoxy) is 2. The molecule has 1 amide bonds. The second-order valence-electron chi connectivity index (χ2n) is 5.03. The Hall–Kier alpha value is -1.83. The number of anilines is 1. The second kappa shape index (κ2) is 8.57. The van der Waals surface area contributed by atoms with Crippen molar-refractivity contribution < 1.29 is 24.5 Å². The van der Waals surface area contributed by atoms with Gasteiger partial charge in [-0.15, -0.1) is 0 Å². The maximum absolute atomic E-state index is 12.0. The zero-order chi connectivity index (χ0) is 15.8. The molecule has 22 heavy (non-hydrogen) atoms. The van der Waals surface area contributed by atoms with Crippen molar-refractivity contribution in [3.8, 4) is 5.75 Å². The SMILES string of the molecule is O=C(COc1cccc(NCC(O)CO)c1)N1CCOCC1. The number of rotatable bonds is 7. The van der Waals surface area contributed by atoms with Gasteiger partial charge in [-0.05, 0) is 12.1 Å². The summed E-state index contributed by atoms with van der Waals surface area (Å²) in [6.07, 6.45) is -0.813. The molecular weight excluding hydrogens is 288 g/mol. The summed E-state index contributed by atoms with van der Waals surface area (Å²) >= 11 is 0. The van der Waals surface area contributed by atoms with E-state index < -0.39 is 6.10 Å². The highest BCUT2D eigenvalue weighted by molar-refractivity contribution is 5.77. The van der Waals surface area contributed by atoms with E-state index in [0.717, 1.165) is 5.69 Å². The summed E-state index contributed by atoms with van der Waals surface area (Å²) in [5.74, 6) is 0.516. The van der Waals surface area contributed by atoms with Gasteiger partial charge in [-0.25, -0.2) is 0 Å². The average Bonchev–Trinajstić information content (AvgIpc) is 2.58. The van der Waals surface area contributed by atoms with Crippen LogP contribution in [0.5, 0.6) is 5.75 Å². The molecule has 0 saturated carbocycles. The van der Waals surface area contributed by atoms with Crippen LogP contribution < -0.4 is 10.1 Å². The molecule has 1 aliphatic heterocycles. The van der Waals surface area contributed by atoms with E-state index in [9.17, 15) is 9.90 Å². The van der Waals surface area contributed by atoms with Crippen molar-refractivity contribution >= 4 is 11.6 Å². The van der Waals surface area contributed by atoms with E-state index >= 15 is 0 Å². The van der Waals surface area contributed by atoms with Gasteiger partial charge in [0.25, 0.3) is 5.91 Å². The summed E-state index contributed by atoms with van der Waals surface area (Å²) in [7, 11) is 0. The first kappa shape index (κ1) is 16.5. The lowest BCUT2D eigenvalue weighted by atomic mass is 10.3. The van der Waals surface area contributed by atoms with E-state index in [-0.39, 0.29) is 25.7 Å². The molecule has 1 heterocycles. The molecule has 1 unspecified atom stereocenters. The number of hydrogen-bond donors (Lipinski definition) is 3. The Kier molecular flexibility index (Phi) is 6.45. The predicted octanol–water partition coefficient (Wildman–Crippen LogP) is -0.311. The van der Waals surface area contributed by atoms with Crippen molar-refractivity contribution in [3.63, 3.8) is 0 Å². The molecule has 0 spiro atoms. The highest BCUT2D eigenvalue weighted by Gasteiger charge is 2.17. The molecule has 1 fully saturated rings. The molecule has 122 valence electrons. The van der Waals surface area contributed by atoms with E-state index in [1.165, 1.54) is 0 Å². The summed E-state index contributed by atoms with van der Waals surface area (Å²) in [6, 6.07) is 7.12. The van der Waals surface area contributed by atoms with Crippen molar-refractivity contribution in [2.24, 2.45) is 0 Å². The van der Waals surface area contributed by atoms with Gasteiger partial charge in [0.1, 0.15) is 5.75 Å². The summed E-state index contributed by atoms with van der Waals surface area (Å²) < 4.78 is 10.7. The standard InChI is InChI=1S/C15H22N2O5/c18-10-13(19)9-16-12-2-1-3-14(8-12)22-11-15(20)17-4-6-21-7-5-17/h1-3,8,13,16,18-19H,4-7,9-11H2. The lowest BCUT2D eigenvalue weighted by Crippen LogP contribution is -2.42. The van der Waals surface area contributed by atoms with Gasteiger partial charge in [0, 0.05) is 31.4 Å². The van der Waals surface area contributed by atoms with Crippen molar-refractivity contribution in [2.45, 2.75) is 6.10 Å². The number of hydrogen-bond acceptors (Lipinski definition) is 6. The Morgan fingerprint density at radius 1 is 1.41 bits per heavy atom. The van der Waals surface area contributed by atoms with E-state index in [1.54, 1.807) is 23.1 Å². The van der Waals surface area contributed by atoms with E-state index in [4.69, 9.17) is 14.6 Å². The second-order valence-corrected chi connectivity index (χ2v) is 5.03. The van der Waals surface area contributed by atoms with Crippen LogP contribution in [0, 0.1) is 0 Å². The summed E-state index contributed by atoms with van der Waals surface area (Å²) in [5, 5.41) is 21.1. The molecule has 1 aromatic carbocycles. The lowest BCUT2D eigenvalue weighted by molar-refractivity contribution is -0.137. The lowest BCUT2D eigenvalue weighted by Gasteiger charge is -2.26. The van der Waals surface area contributed by atoms with E-state index in [2.05, 4.69) is 5.32 Å². The molecule has 1 aliphatic rings. The van der Waals surface area contributed by atoms with Crippen molar-refractivity contribution in [2.75, 3.05) is 51.4 Å². The summed E-state index contributed by atoms with van der Waals surface area (Å²) in [4.78, 5) is 13.7. The van der Waals surface area contributed by atoms with Gasteiger partial charge in [0.15, 0.2) is 6.61 Å². The van der Waals surface area contributed by atoms with Crippen LogP contribution in [-0.2, 0) is 9.53 Å². The third-order valence-corrected chi connectivity index (χ3v) is 3.31. The highest BCUT2D eigenvalue weighted by Crippen LogP contribution is 2.17. The van der Waals surface area contributed by atoms with Gasteiger partial charge in [-0.2, -0.15) is 0 Å². The number of morpholine rings is 1. The van der Waals surface area contributed by atoms with Crippen LogP contribution in [0.4, 0.5) is 5.69 Å². The first-order valence-electron chi connectivity index (χ1n) is 7.30. The Bertz CT molecular complexity index is 477. The average molecular weight is 310 g/mol. The van der Waals surface area contributed by atoms with E-state index in [1.807, 2.05) is 6.07 Å². The Morgan fingerprint density at radius 3 is 2.91 bits per heavy atom. The molecule has 0 bridgehead atoms. The van der Waals surface area contributed by atoms with Crippen LogP contribution >= 0.6 is 0 Å². The van der Waals surface area contributed by atoms with Crippen molar-refractivity contribution in [3.05, 3.63) is 24.3 Å². The van der Waals surface area contributed by atoms with Gasteiger partial charge in [-0.1, -0.05) is 6.07 Å². The molecule has 1 atom stereocenters. The van der Waals surface area contributed by atoms with Crippen LogP contribution in [0.1, 0.15) is 0 Å². The Morgan fingerprint density at radius 2 is 2.18 bits per heavy atom. The van der Waals surface area contributed by atoms with Crippen LogP contribution in [0.15, 0.2) is 24.3 Å². The first-order valence-corrected chi connectivity index (χ1v) is 7.30. The molecule has 0 radical (unpaired) electrons. The number of carbonyl (C=O) groups excluding carboxylic acids is 1. The normalized spacial score (nSPS) is 16.2. The number of amides is 1. The monoisotopic (exact) mass is 310 g/mol. The fraction of sp³-hybridized carbons (Fsp3) is 0.533. The number of nitrogens with zero attached hydrogens (tertiary/aromatic N) is 1. The molecular formula is C15H22N2O5. The highest BCUT2D eigenvalue weighted by atomic mass is 16.5. The van der Waals surface area contributed by atoms with Crippen LogP contribution in [0.3, 0.4) is 0 Å². The minimum absolute atomic E-state index is 0.0112. The Balaban J connectivity index is 1.80. The van der Waals surface area contributed by atoms with Crippen molar-refractivity contribution in [1.29, 1.82) is 0 Å². The zero-order valence-corrected chi connectivity index (χ0v) is 12.4. The smallest absolute Gasteiger partial charge is 0.260 e. The topological polar surface area (TPSA) is 91.3 Å². The van der Waals surface area contributed by atoms with Crippen LogP contribution in [0.25, 0.3) is 0 Å². The maximum atomic E-state index is 12.0. The molecule has 7 nitrogen and oxygen atoms in total. The number of carbonyl (C=O) groups is 1. The van der Waals surface area contributed by atoms with Crippen LogP contribution in [-0.4, -0.2) is 73.2 Å². The number of benzene rings is 1. The third-order valence-electron chi connectivity index (χ3n) is 3.31. The minimum Gasteiger partial charge on any atom is -0.484 e. The number of aliphatic hydroxyl groups is 2. The first-order chi connectivity index (χ1) is 10.7. The predicted molar refractivity (Wildman–Crippen MR) is 80.9 cm³/mol. The van der Waals surface area contributed by atoms with Crippen LogP contribution in [0.2, 0.25) is 0 Å². The molecule has 2 rings (SSSR count). The fourth-order valence-electron chi connectivity index (χ4n) is 2.05. The largest absolute Gasteiger partial charge is 0.484 e. The molecule has 1 saturated heterocycles. The fourth-order valence-corrected chi connectivity index (χ4v) is 2.05. The third kappa shape index (κ3) is 5.18. The zero-order valence-electron chi connectivity index (χ0n) is 12.4. The number of aliphatic hydroxyl groups excluding tert-OH is 2. The maximum Gasteiger partial charge on any atom is 0.260 e. The van der Waals surface area contributed by atoms with Crippen molar-refractivity contribution in [1.82, 2.24) is 4.90 Å². The molecule has 0 aliphatic carbocycles. The minimum atomic E-state index is -0.813. The summed E-state index contributed by atoms with van der Waals surface area (Å²) in [6.45, 7) is 2.27. The van der Waals surface area contributed by atoms with Gasteiger partial charge in [0.05, 0.1) is 25.9 Å². The quantitative estimate of drug-likeness (QED) is 0.640.